The lowest BCUT2D eigenvalue weighted by Crippen LogP contribution is -2.62. The first-order valence-electron chi connectivity index (χ1n) is 17.0. The fourth-order valence-corrected chi connectivity index (χ4v) is 6.15. The average molecular weight is 669 g/mol. The van der Waals surface area contributed by atoms with Crippen LogP contribution in [0.5, 0.6) is 0 Å². The zero-order chi connectivity index (χ0) is 33.8. The quantitative estimate of drug-likeness (QED) is 0.0669. The first-order chi connectivity index (χ1) is 22.6. The Labute approximate surface area is 275 Å². The molecule has 0 aromatic carbocycles. The molecule has 2 aliphatic carbocycles. The minimum Gasteiger partial charge on any atom is -0.389 e. The maximum atomic E-state index is 10.2. The number of unbranched alkanes of at least 4 members (excludes halogenated alkanes) is 2. The van der Waals surface area contributed by atoms with Gasteiger partial charge >= 0.3 is 0 Å². The molecule has 2 heterocycles. The molecule has 4 rings (SSSR count). The largest absolute Gasteiger partial charge is 0.389 e. The van der Waals surface area contributed by atoms with E-state index in [1.54, 1.807) is 0 Å². The summed E-state index contributed by atoms with van der Waals surface area (Å²) in [5, 5.41) is 57.2. The molecule has 2 saturated carbocycles. The number of nitrogens with zero attached hydrogens (tertiary/aromatic N) is 6. The van der Waals surface area contributed by atoms with Crippen LogP contribution in [0.1, 0.15) is 62.8 Å². The molecule has 0 spiro atoms. The predicted octanol–water partition coefficient (Wildman–Crippen LogP) is -2.66. The van der Waals surface area contributed by atoms with Gasteiger partial charge in [0.25, 0.3) is 0 Å². The van der Waals surface area contributed by atoms with Gasteiger partial charge in [0.1, 0.15) is 24.4 Å². The van der Waals surface area contributed by atoms with Gasteiger partial charge in [0, 0.05) is 76.1 Å². The molecule has 17 heteroatoms. The number of aliphatic hydroxyl groups is 4. The lowest BCUT2D eigenvalue weighted by molar-refractivity contribution is -0.127. The molecule has 0 aliphatic heterocycles. The normalized spacial score (nSPS) is 31.4. The van der Waals surface area contributed by atoms with E-state index >= 15 is 0 Å². The molecular weight excluding hydrogens is 612 g/mol. The van der Waals surface area contributed by atoms with Gasteiger partial charge in [0.2, 0.25) is 0 Å². The summed E-state index contributed by atoms with van der Waals surface area (Å²) in [4.78, 5) is 0. The lowest BCUT2D eigenvalue weighted by atomic mass is 9.85. The molecule has 2 aliphatic rings. The van der Waals surface area contributed by atoms with Crippen LogP contribution in [-0.2, 0) is 40.1 Å². The van der Waals surface area contributed by atoms with Gasteiger partial charge in [-0.2, -0.15) is 0 Å². The van der Waals surface area contributed by atoms with Crippen LogP contribution in [-0.4, -0.2) is 138 Å². The molecule has 12 N–H and O–H groups in total. The van der Waals surface area contributed by atoms with Crippen LogP contribution in [0.4, 0.5) is 0 Å². The molecule has 47 heavy (non-hydrogen) atoms. The minimum atomic E-state index is -1.08. The van der Waals surface area contributed by atoms with Gasteiger partial charge in [0.15, 0.2) is 0 Å². The van der Waals surface area contributed by atoms with Crippen LogP contribution in [0.3, 0.4) is 0 Å². The summed E-state index contributed by atoms with van der Waals surface area (Å²) in [6, 6.07) is -1.90. The third kappa shape index (κ3) is 11.5. The number of aryl methyl sites for hydroxylation is 4. The summed E-state index contributed by atoms with van der Waals surface area (Å²) in [6.07, 6.45) is 5.72. The third-order valence-corrected chi connectivity index (χ3v) is 8.98. The highest BCUT2D eigenvalue weighted by Crippen LogP contribution is 2.22. The molecule has 268 valence electrons. The number of ether oxygens (including phenoxy) is 3. The second-order valence-corrected chi connectivity index (χ2v) is 12.9. The molecule has 0 bridgehead atoms. The van der Waals surface area contributed by atoms with E-state index in [4.69, 9.17) is 37.1 Å². The molecule has 2 fully saturated rings. The van der Waals surface area contributed by atoms with Crippen molar-refractivity contribution in [3.8, 4) is 0 Å². The monoisotopic (exact) mass is 668 g/mol. The lowest BCUT2D eigenvalue weighted by Gasteiger charge is -2.39. The predicted molar refractivity (Wildman–Crippen MR) is 171 cm³/mol. The van der Waals surface area contributed by atoms with Crippen LogP contribution >= 0.6 is 0 Å². The van der Waals surface area contributed by atoms with E-state index < -0.39 is 60.8 Å². The number of aromatic nitrogens is 6. The number of aliphatic hydroxyl groups excluding tert-OH is 4. The summed E-state index contributed by atoms with van der Waals surface area (Å²) < 4.78 is 21.0. The summed E-state index contributed by atoms with van der Waals surface area (Å²) in [5.74, 6) is 0. The first-order valence-corrected chi connectivity index (χ1v) is 17.0. The standard InChI is InChI=1S/C30H56N10O7/c31-21-15-23(33)29(27(43)25(21)41)46-13-5-7-19-17-39(37-35-19)9-1-3-11-45-12-4-2-10-40-18-20(36-38-40)8-6-14-47-30-24(34)16-22(32)26(42)28(30)44/h17-18,21-30,41-44H,1-16,31-34H2/t21-,22-,23+,24+,25+,26+,27-,28-,29-,30-/m1/s1. The van der Waals surface area contributed by atoms with Crippen LogP contribution in [0.15, 0.2) is 12.4 Å². The van der Waals surface area contributed by atoms with Crippen LogP contribution in [0.2, 0.25) is 0 Å². The van der Waals surface area contributed by atoms with Crippen molar-refractivity contribution < 1.29 is 34.6 Å². The van der Waals surface area contributed by atoms with Crippen molar-refractivity contribution >= 4 is 0 Å². The Morgan fingerprint density at radius 1 is 0.574 bits per heavy atom. The summed E-state index contributed by atoms with van der Waals surface area (Å²) in [5.41, 5.74) is 25.4. The second-order valence-electron chi connectivity index (χ2n) is 12.9. The van der Waals surface area contributed by atoms with E-state index in [1.807, 2.05) is 21.8 Å². The average Bonchev–Trinajstić information content (AvgIpc) is 3.70. The van der Waals surface area contributed by atoms with Crippen molar-refractivity contribution in [2.75, 3.05) is 26.4 Å². The SMILES string of the molecule is N[C@@H]1C[C@H](N)[C@@H](OCCCc2cn(CCCCOCCCCn3cc(CCCO[C@H]4[C@H](O)[C@@H](O)[C@H](N)C[C@@H]4N)nn3)nn2)[C@H](O)[C@H]1O. The number of hydrogen-bond acceptors (Lipinski definition) is 15. The molecule has 0 amide bonds. The molecule has 0 radical (unpaired) electrons. The molecule has 2 aromatic rings. The van der Waals surface area contributed by atoms with Crippen molar-refractivity contribution in [2.24, 2.45) is 22.9 Å². The summed E-state index contributed by atoms with van der Waals surface area (Å²) in [7, 11) is 0. The van der Waals surface area contributed by atoms with Crippen molar-refractivity contribution in [1.82, 2.24) is 30.0 Å². The van der Waals surface area contributed by atoms with Crippen molar-refractivity contribution in [2.45, 2.75) is 138 Å². The van der Waals surface area contributed by atoms with Crippen LogP contribution in [0, 0.1) is 0 Å². The number of rotatable bonds is 20. The molecule has 0 saturated heterocycles. The van der Waals surface area contributed by atoms with Gasteiger partial charge in [-0.15, -0.1) is 10.2 Å². The van der Waals surface area contributed by atoms with E-state index in [2.05, 4.69) is 20.6 Å². The summed E-state index contributed by atoms with van der Waals surface area (Å²) >= 11 is 0. The van der Waals surface area contributed by atoms with Gasteiger partial charge in [0.05, 0.1) is 23.6 Å². The highest BCUT2D eigenvalue weighted by Gasteiger charge is 2.42. The molecule has 0 unspecified atom stereocenters. The molecule has 10 atom stereocenters. The van der Waals surface area contributed by atoms with Crippen molar-refractivity contribution in [3.05, 3.63) is 23.8 Å². The Balaban J connectivity index is 0.965. The van der Waals surface area contributed by atoms with Gasteiger partial charge in [-0.25, -0.2) is 0 Å². The van der Waals surface area contributed by atoms with Crippen molar-refractivity contribution in [1.29, 1.82) is 0 Å². The highest BCUT2D eigenvalue weighted by atomic mass is 16.5. The molecular formula is C30H56N10O7. The Morgan fingerprint density at radius 3 is 1.43 bits per heavy atom. The molecule has 2 aromatic heterocycles. The Hall–Kier alpha value is -2.16. The highest BCUT2D eigenvalue weighted by molar-refractivity contribution is 4.99. The van der Waals surface area contributed by atoms with Crippen molar-refractivity contribution in [3.63, 3.8) is 0 Å². The maximum Gasteiger partial charge on any atom is 0.109 e. The second kappa shape index (κ2) is 19.1. The first kappa shape index (κ1) is 37.7. The topological polar surface area (TPSA) is 274 Å². The third-order valence-electron chi connectivity index (χ3n) is 8.98. The van der Waals surface area contributed by atoms with E-state index in [9.17, 15) is 20.4 Å². The van der Waals surface area contributed by atoms with E-state index in [0.29, 0.717) is 65.0 Å². The molecule has 17 nitrogen and oxygen atoms in total. The summed E-state index contributed by atoms with van der Waals surface area (Å²) in [6.45, 7) is 3.71. The fraction of sp³-hybridized carbons (Fsp3) is 0.867. The van der Waals surface area contributed by atoms with Gasteiger partial charge in [-0.05, 0) is 64.2 Å². The van der Waals surface area contributed by atoms with E-state index in [0.717, 1.165) is 50.2 Å². The minimum absolute atomic E-state index is 0.394. The smallest absolute Gasteiger partial charge is 0.109 e. The Morgan fingerprint density at radius 2 is 1.00 bits per heavy atom. The zero-order valence-corrected chi connectivity index (χ0v) is 27.2. The van der Waals surface area contributed by atoms with E-state index in [-0.39, 0.29) is 0 Å². The van der Waals surface area contributed by atoms with Gasteiger partial charge in [-0.3, -0.25) is 9.36 Å². The van der Waals surface area contributed by atoms with E-state index in [1.165, 1.54) is 0 Å². The fourth-order valence-electron chi connectivity index (χ4n) is 6.15. The Kier molecular flexibility index (Phi) is 15.3. The number of hydrogen-bond donors (Lipinski definition) is 8. The van der Waals surface area contributed by atoms with Gasteiger partial charge in [-0.1, -0.05) is 10.4 Å². The van der Waals surface area contributed by atoms with Gasteiger partial charge < -0.3 is 57.6 Å². The Bertz CT molecular complexity index is 1070. The van der Waals surface area contributed by atoms with Crippen LogP contribution in [0.25, 0.3) is 0 Å². The maximum absolute atomic E-state index is 10.2. The zero-order valence-electron chi connectivity index (χ0n) is 27.2. The number of nitrogens with two attached hydrogens (primary N) is 4. The van der Waals surface area contributed by atoms with Crippen LogP contribution < -0.4 is 22.9 Å².